The van der Waals surface area contributed by atoms with Crippen molar-refractivity contribution in [3.63, 3.8) is 0 Å². The number of halogens is 1. The Morgan fingerprint density at radius 3 is 1.43 bits per heavy atom. The van der Waals surface area contributed by atoms with Crippen LogP contribution in [0.2, 0.25) is 5.02 Å². The first-order chi connectivity index (χ1) is 37.5. The molecule has 0 saturated heterocycles. The maximum absolute atomic E-state index is 11.4. The van der Waals surface area contributed by atoms with E-state index in [1.54, 1.807) is 24.7 Å². The van der Waals surface area contributed by atoms with Crippen molar-refractivity contribution >= 4 is 11.6 Å². The summed E-state index contributed by atoms with van der Waals surface area (Å²) in [6.07, 6.45) is 16.9. The van der Waals surface area contributed by atoms with E-state index in [1.807, 2.05) is 61.3 Å². The number of nitrogens with one attached hydrogen (secondary N) is 1. The van der Waals surface area contributed by atoms with Gasteiger partial charge in [-0.15, -0.1) is 0 Å². The first kappa shape index (κ1) is 52.5. The molecular weight excluding hydrogens is 952 g/mol. The third-order valence-corrected chi connectivity index (χ3v) is 14.2. The minimum Gasteiger partial charge on any atom is -0.380 e. The number of nitrogens with zero attached hydrogens (tertiary/aromatic N) is 5. The number of aromatic amines is 1. The topological polar surface area (TPSA) is 84.5 Å². The molecule has 76 heavy (non-hydrogen) atoms. The molecule has 0 aliphatic carbocycles. The summed E-state index contributed by atoms with van der Waals surface area (Å²) in [5, 5.41) is 12.0. The van der Waals surface area contributed by atoms with Crippen LogP contribution in [0, 0.1) is 0 Å². The molecule has 1 atom stereocenters. The van der Waals surface area contributed by atoms with Crippen molar-refractivity contribution < 1.29 is 5.11 Å². The van der Waals surface area contributed by atoms with Gasteiger partial charge in [-0.25, -0.2) is 15.0 Å². The molecule has 0 aliphatic heterocycles. The summed E-state index contributed by atoms with van der Waals surface area (Å²) in [7, 11) is 0. The molecule has 8 heteroatoms. The van der Waals surface area contributed by atoms with Crippen molar-refractivity contribution in [3.8, 4) is 0 Å². The fraction of sp³-hybridized carbons (Fsp3) is 0.162. The van der Waals surface area contributed by atoms with E-state index < -0.39 is 5.60 Å². The van der Waals surface area contributed by atoms with Crippen LogP contribution in [0.15, 0.2) is 274 Å². The van der Waals surface area contributed by atoms with Crippen LogP contribution in [0.4, 0.5) is 0 Å². The molecule has 2 N–H and O–H groups in total. The van der Waals surface area contributed by atoms with Crippen LogP contribution in [-0.4, -0.2) is 34.2 Å². The zero-order valence-electron chi connectivity index (χ0n) is 42.9. The highest BCUT2D eigenvalue weighted by Gasteiger charge is 2.31. The van der Waals surface area contributed by atoms with E-state index in [2.05, 4.69) is 217 Å². The van der Waals surface area contributed by atoms with Crippen LogP contribution < -0.4 is 0 Å². The lowest BCUT2D eigenvalue weighted by Gasteiger charge is -2.29. The summed E-state index contributed by atoms with van der Waals surface area (Å²) in [5.41, 5.74) is 12.2. The van der Waals surface area contributed by atoms with Crippen molar-refractivity contribution in [1.29, 1.82) is 0 Å². The second kappa shape index (κ2) is 27.3. The van der Waals surface area contributed by atoms with Crippen LogP contribution in [0.3, 0.4) is 0 Å². The van der Waals surface area contributed by atoms with Crippen LogP contribution in [0.1, 0.15) is 92.7 Å². The normalized spacial score (nSPS) is 11.8. The maximum atomic E-state index is 11.4. The molecule has 380 valence electrons. The molecule has 7 nitrogen and oxygen atoms in total. The summed E-state index contributed by atoms with van der Waals surface area (Å²) in [5.74, 6) is 0.791. The van der Waals surface area contributed by atoms with Crippen LogP contribution in [0.5, 0.6) is 0 Å². The number of rotatable bonds is 19. The highest BCUT2D eigenvalue weighted by Crippen LogP contribution is 2.35. The number of H-pyrrole nitrogens is 1. The van der Waals surface area contributed by atoms with Crippen molar-refractivity contribution in [3.05, 3.63) is 341 Å². The van der Waals surface area contributed by atoms with Gasteiger partial charge < -0.3 is 19.2 Å². The average Bonchev–Trinajstić information content (AvgIpc) is 4.29. The number of aliphatic hydroxyl groups is 1. The van der Waals surface area contributed by atoms with Crippen molar-refractivity contribution in [2.45, 2.75) is 69.1 Å². The van der Waals surface area contributed by atoms with Gasteiger partial charge in [-0.2, -0.15) is 0 Å². The summed E-state index contributed by atoms with van der Waals surface area (Å²) in [6, 6.07) is 81.4. The Morgan fingerprint density at radius 2 is 0.934 bits per heavy atom. The summed E-state index contributed by atoms with van der Waals surface area (Å²) in [6.45, 7) is 1.74. The second-order valence-corrected chi connectivity index (χ2v) is 19.6. The molecule has 0 spiro atoms. The van der Waals surface area contributed by atoms with E-state index in [9.17, 15) is 5.11 Å². The van der Waals surface area contributed by atoms with Gasteiger partial charge in [-0.1, -0.05) is 236 Å². The quantitative estimate of drug-likeness (QED) is 0.0845. The third kappa shape index (κ3) is 14.9. The molecule has 11 rings (SSSR count). The lowest BCUT2D eigenvalue weighted by molar-refractivity contribution is 0.0711. The molecule has 1 unspecified atom stereocenters. The van der Waals surface area contributed by atoms with Gasteiger partial charge in [0, 0.05) is 59.9 Å². The minimum atomic E-state index is -1.06. The molecule has 0 fully saturated rings. The van der Waals surface area contributed by atoms with E-state index in [0.717, 1.165) is 61.3 Å². The Hall–Kier alpha value is -8.36. The van der Waals surface area contributed by atoms with Gasteiger partial charge in [-0.3, -0.25) is 0 Å². The standard InChI is InChI=1S/2C25H24N2.C18H17ClN2O/c1-4-10-21(11-5-1)19-27-20-26-18-24(27)16-17-25(22-12-6-2-7-13-22)23-14-8-3-9-15-23;1-4-10-21(11-5-1)18-27-19-24(26-20-27)16-17-25(22-12-6-2-7-13-22)23-14-8-3-9-15-23;19-16-8-6-15(7-9-16)18(22,14-4-2-1-3-5-14)11-10-17-12-20-13-21-17/h1-15,18,20,25H,16-17,19H2;1-15,19-20,25H,16-18H2;1-9,12-13,22H,10-11H2,(H,20,21). The van der Waals surface area contributed by atoms with Gasteiger partial charge in [-0.05, 0) is 95.2 Å². The Morgan fingerprint density at radius 1 is 0.474 bits per heavy atom. The monoisotopic (exact) mass is 1020 g/mol. The summed E-state index contributed by atoms with van der Waals surface area (Å²) >= 11 is 5.97. The summed E-state index contributed by atoms with van der Waals surface area (Å²) < 4.78 is 4.44. The van der Waals surface area contributed by atoms with E-state index in [4.69, 9.17) is 11.6 Å². The largest absolute Gasteiger partial charge is 0.380 e. The van der Waals surface area contributed by atoms with Crippen molar-refractivity contribution in [2.75, 3.05) is 0 Å². The molecule has 0 radical (unpaired) electrons. The Balaban J connectivity index is 0.000000140. The van der Waals surface area contributed by atoms with Gasteiger partial charge in [0.05, 0.1) is 24.7 Å². The van der Waals surface area contributed by atoms with Gasteiger partial charge in [0.15, 0.2) is 0 Å². The fourth-order valence-electron chi connectivity index (χ4n) is 9.90. The zero-order chi connectivity index (χ0) is 52.0. The molecule has 8 aromatic carbocycles. The molecule has 11 aromatic rings. The number of aryl methyl sites for hydroxylation is 3. The molecule has 0 aliphatic rings. The number of hydrogen-bond acceptors (Lipinski definition) is 4. The molecule has 0 amide bonds. The number of imidazole rings is 3. The van der Waals surface area contributed by atoms with E-state index in [0.29, 0.717) is 29.7 Å². The minimum absolute atomic E-state index is 0.395. The SMILES string of the molecule is OC(CCc1cnc[nH]1)(c1ccccc1)c1ccc(Cl)cc1.c1ccc(Cn2cnc(CCC(c3ccccc3)c3ccccc3)c2)cc1.c1ccc(Cn2cncc2CCC(c2ccccc2)c2ccccc2)cc1. The number of hydrogen-bond donors (Lipinski definition) is 2. The lowest BCUT2D eigenvalue weighted by atomic mass is 9.82. The van der Waals surface area contributed by atoms with Gasteiger partial charge in [0.2, 0.25) is 0 Å². The molecule has 3 aromatic heterocycles. The highest BCUT2D eigenvalue weighted by molar-refractivity contribution is 6.30. The molecular formula is C68H65ClN6O. The average molecular weight is 1020 g/mol. The van der Waals surface area contributed by atoms with Gasteiger partial charge in [0.25, 0.3) is 0 Å². The van der Waals surface area contributed by atoms with E-state index in [1.165, 1.54) is 39.1 Å². The smallest absolute Gasteiger partial charge is 0.115 e. The second-order valence-electron chi connectivity index (χ2n) is 19.2. The first-order valence-electron chi connectivity index (χ1n) is 26.3. The Bertz CT molecular complexity index is 3240. The maximum Gasteiger partial charge on any atom is 0.115 e. The van der Waals surface area contributed by atoms with E-state index in [-0.39, 0.29) is 0 Å². The fourth-order valence-corrected chi connectivity index (χ4v) is 10.0. The molecule has 3 heterocycles. The zero-order valence-corrected chi connectivity index (χ0v) is 43.6. The number of aromatic nitrogens is 6. The van der Waals surface area contributed by atoms with Gasteiger partial charge >= 0.3 is 0 Å². The predicted octanol–water partition coefficient (Wildman–Crippen LogP) is 15.3. The lowest BCUT2D eigenvalue weighted by Crippen LogP contribution is -2.28. The Labute approximate surface area is 453 Å². The highest BCUT2D eigenvalue weighted by atomic mass is 35.5. The number of benzene rings is 8. The van der Waals surface area contributed by atoms with Crippen LogP contribution in [-0.2, 0) is 38.0 Å². The van der Waals surface area contributed by atoms with E-state index >= 15 is 0 Å². The Kier molecular flexibility index (Phi) is 18.8. The predicted molar refractivity (Wildman–Crippen MR) is 309 cm³/mol. The van der Waals surface area contributed by atoms with Crippen LogP contribution in [0.25, 0.3) is 0 Å². The first-order valence-corrected chi connectivity index (χ1v) is 26.6. The molecule has 0 saturated carbocycles. The summed E-state index contributed by atoms with van der Waals surface area (Å²) in [4.78, 5) is 16.1. The van der Waals surface area contributed by atoms with Crippen LogP contribution >= 0.6 is 11.6 Å². The molecule has 0 bridgehead atoms. The van der Waals surface area contributed by atoms with Crippen molar-refractivity contribution in [1.82, 2.24) is 29.1 Å². The van der Waals surface area contributed by atoms with Crippen molar-refractivity contribution in [2.24, 2.45) is 0 Å². The third-order valence-electron chi connectivity index (χ3n) is 14.0. The van der Waals surface area contributed by atoms with Gasteiger partial charge in [0.1, 0.15) is 5.60 Å².